The van der Waals surface area contributed by atoms with Crippen LogP contribution in [0.15, 0.2) is 18.2 Å². The predicted molar refractivity (Wildman–Crippen MR) is 76.1 cm³/mol. The van der Waals surface area contributed by atoms with Gasteiger partial charge in [-0.05, 0) is 43.5 Å². The van der Waals surface area contributed by atoms with Crippen LogP contribution in [0.5, 0.6) is 5.75 Å². The Morgan fingerprint density at radius 2 is 1.95 bits per heavy atom. The highest BCUT2D eigenvalue weighted by Gasteiger charge is 2.16. The summed E-state index contributed by atoms with van der Waals surface area (Å²) in [6, 6.07) is 4.56. The predicted octanol–water partition coefficient (Wildman–Crippen LogP) is 2.23. The third-order valence-corrected chi connectivity index (χ3v) is 2.78. The standard InChI is InChI=1S/C15H21NO4/c1-9(2)8-16-14(17)11(4)20-13-6-5-12(15(18)19)7-10(13)3/h5-7,9,11H,8H2,1-4H3,(H,16,17)(H,18,19). The van der Waals surface area contributed by atoms with Gasteiger partial charge >= 0.3 is 5.97 Å². The quantitative estimate of drug-likeness (QED) is 0.837. The Bertz CT molecular complexity index is 497. The first-order chi connectivity index (χ1) is 9.31. The fourth-order valence-electron chi connectivity index (χ4n) is 1.61. The molecule has 0 spiro atoms. The van der Waals surface area contributed by atoms with Crippen LogP contribution in [0.25, 0.3) is 0 Å². The van der Waals surface area contributed by atoms with Gasteiger partial charge in [-0.3, -0.25) is 4.79 Å². The molecule has 1 unspecified atom stereocenters. The molecule has 1 atom stereocenters. The van der Waals surface area contributed by atoms with Crippen LogP contribution in [0.4, 0.5) is 0 Å². The Hall–Kier alpha value is -2.04. The van der Waals surface area contributed by atoms with Crippen LogP contribution in [0.2, 0.25) is 0 Å². The number of benzene rings is 1. The van der Waals surface area contributed by atoms with Gasteiger partial charge in [-0.2, -0.15) is 0 Å². The Morgan fingerprint density at radius 3 is 2.45 bits per heavy atom. The van der Waals surface area contributed by atoms with Crippen molar-refractivity contribution in [2.75, 3.05) is 6.54 Å². The van der Waals surface area contributed by atoms with Gasteiger partial charge in [0.1, 0.15) is 5.75 Å². The van der Waals surface area contributed by atoms with Crippen LogP contribution in [-0.4, -0.2) is 29.6 Å². The fourth-order valence-corrected chi connectivity index (χ4v) is 1.61. The first-order valence-corrected chi connectivity index (χ1v) is 6.59. The third-order valence-electron chi connectivity index (χ3n) is 2.78. The molecule has 5 nitrogen and oxygen atoms in total. The van der Waals surface area contributed by atoms with Crippen molar-refractivity contribution in [2.24, 2.45) is 5.92 Å². The van der Waals surface area contributed by atoms with Gasteiger partial charge in [0, 0.05) is 6.54 Å². The number of aryl methyl sites for hydroxylation is 1. The minimum Gasteiger partial charge on any atom is -0.481 e. The van der Waals surface area contributed by atoms with Crippen LogP contribution < -0.4 is 10.1 Å². The molecule has 0 aliphatic rings. The fraction of sp³-hybridized carbons (Fsp3) is 0.467. The molecular formula is C15H21NO4. The molecule has 0 radical (unpaired) electrons. The first kappa shape index (κ1) is 16.0. The third kappa shape index (κ3) is 4.57. The number of ether oxygens (including phenoxy) is 1. The number of carbonyl (C=O) groups is 2. The molecule has 1 amide bonds. The number of nitrogens with one attached hydrogen (secondary N) is 1. The molecule has 20 heavy (non-hydrogen) atoms. The summed E-state index contributed by atoms with van der Waals surface area (Å²) < 4.78 is 5.57. The zero-order chi connectivity index (χ0) is 15.3. The van der Waals surface area contributed by atoms with E-state index in [1.807, 2.05) is 13.8 Å². The van der Waals surface area contributed by atoms with E-state index in [1.54, 1.807) is 19.9 Å². The molecular weight excluding hydrogens is 258 g/mol. The summed E-state index contributed by atoms with van der Waals surface area (Å²) in [7, 11) is 0. The van der Waals surface area contributed by atoms with Crippen molar-refractivity contribution < 1.29 is 19.4 Å². The number of carbonyl (C=O) groups excluding carboxylic acids is 1. The molecule has 0 heterocycles. The number of rotatable bonds is 6. The van der Waals surface area contributed by atoms with E-state index >= 15 is 0 Å². The van der Waals surface area contributed by atoms with Gasteiger partial charge in [-0.25, -0.2) is 4.79 Å². The SMILES string of the molecule is Cc1cc(C(=O)O)ccc1OC(C)C(=O)NCC(C)C. The lowest BCUT2D eigenvalue weighted by Gasteiger charge is -2.17. The lowest BCUT2D eigenvalue weighted by atomic mass is 10.1. The highest BCUT2D eigenvalue weighted by Crippen LogP contribution is 2.20. The summed E-state index contributed by atoms with van der Waals surface area (Å²) in [5, 5.41) is 11.7. The van der Waals surface area contributed by atoms with Gasteiger partial charge in [0.25, 0.3) is 5.91 Å². The summed E-state index contributed by atoms with van der Waals surface area (Å²) in [6.45, 7) is 8.05. The lowest BCUT2D eigenvalue weighted by molar-refractivity contribution is -0.127. The van der Waals surface area contributed by atoms with Gasteiger partial charge < -0.3 is 15.2 Å². The number of hydrogen-bond acceptors (Lipinski definition) is 3. The second-order valence-corrected chi connectivity index (χ2v) is 5.18. The summed E-state index contributed by atoms with van der Waals surface area (Å²) in [5.74, 6) is -0.271. The minimum atomic E-state index is -0.984. The molecule has 0 saturated heterocycles. The topological polar surface area (TPSA) is 75.6 Å². The Balaban J connectivity index is 2.68. The van der Waals surface area contributed by atoms with Gasteiger partial charge in [0.15, 0.2) is 6.10 Å². The Morgan fingerprint density at radius 1 is 1.30 bits per heavy atom. The molecule has 1 aromatic rings. The normalized spacial score (nSPS) is 12.1. The number of carboxylic acids is 1. The Labute approximate surface area is 118 Å². The maximum Gasteiger partial charge on any atom is 0.335 e. The molecule has 0 fully saturated rings. The van der Waals surface area contributed by atoms with Crippen LogP contribution in [0.3, 0.4) is 0 Å². The number of aromatic carboxylic acids is 1. The molecule has 0 aliphatic carbocycles. The van der Waals surface area contributed by atoms with Gasteiger partial charge in [0.2, 0.25) is 0 Å². The minimum absolute atomic E-state index is 0.180. The molecule has 0 saturated carbocycles. The molecule has 5 heteroatoms. The van der Waals surface area contributed by atoms with Crippen molar-refractivity contribution >= 4 is 11.9 Å². The molecule has 0 aliphatic heterocycles. The van der Waals surface area contributed by atoms with Crippen molar-refractivity contribution in [3.05, 3.63) is 29.3 Å². The van der Waals surface area contributed by atoms with E-state index in [2.05, 4.69) is 5.32 Å². The van der Waals surface area contributed by atoms with Crippen LogP contribution in [0.1, 0.15) is 36.7 Å². The second kappa shape index (κ2) is 6.93. The van der Waals surface area contributed by atoms with Crippen molar-refractivity contribution in [1.29, 1.82) is 0 Å². The highest BCUT2D eigenvalue weighted by molar-refractivity contribution is 5.88. The molecule has 0 bridgehead atoms. The van der Waals surface area contributed by atoms with Gasteiger partial charge in [-0.1, -0.05) is 13.8 Å². The molecule has 2 N–H and O–H groups in total. The van der Waals surface area contributed by atoms with E-state index in [4.69, 9.17) is 9.84 Å². The molecule has 1 rings (SSSR count). The van der Waals surface area contributed by atoms with E-state index in [-0.39, 0.29) is 11.5 Å². The maximum absolute atomic E-state index is 11.8. The van der Waals surface area contributed by atoms with Crippen molar-refractivity contribution in [2.45, 2.75) is 33.8 Å². The Kier molecular flexibility index (Phi) is 5.55. The molecule has 0 aromatic heterocycles. The highest BCUT2D eigenvalue weighted by atomic mass is 16.5. The number of hydrogen-bond donors (Lipinski definition) is 2. The molecule has 110 valence electrons. The smallest absolute Gasteiger partial charge is 0.335 e. The van der Waals surface area contributed by atoms with Crippen molar-refractivity contribution in [1.82, 2.24) is 5.32 Å². The van der Waals surface area contributed by atoms with Gasteiger partial charge in [-0.15, -0.1) is 0 Å². The van der Waals surface area contributed by atoms with E-state index in [9.17, 15) is 9.59 Å². The summed E-state index contributed by atoms with van der Waals surface area (Å²) in [5.41, 5.74) is 0.889. The summed E-state index contributed by atoms with van der Waals surface area (Å²) in [6.07, 6.45) is -0.622. The van der Waals surface area contributed by atoms with E-state index < -0.39 is 12.1 Å². The summed E-state index contributed by atoms with van der Waals surface area (Å²) in [4.78, 5) is 22.6. The van der Waals surface area contributed by atoms with Crippen molar-refractivity contribution in [3.63, 3.8) is 0 Å². The van der Waals surface area contributed by atoms with Crippen LogP contribution in [-0.2, 0) is 4.79 Å². The van der Waals surface area contributed by atoms with Crippen LogP contribution >= 0.6 is 0 Å². The van der Waals surface area contributed by atoms with E-state index in [0.717, 1.165) is 0 Å². The average Bonchev–Trinajstić information content (AvgIpc) is 2.37. The van der Waals surface area contributed by atoms with E-state index in [1.165, 1.54) is 12.1 Å². The zero-order valence-electron chi connectivity index (χ0n) is 12.3. The monoisotopic (exact) mass is 279 g/mol. The van der Waals surface area contributed by atoms with Crippen molar-refractivity contribution in [3.8, 4) is 5.75 Å². The molecule has 1 aromatic carbocycles. The van der Waals surface area contributed by atoms with Crippen LogP contribution in [0, 0.1) is 12.8 Å². The maximum atomic E-state index is 11.8. The largest absolute Gasteiger partial charge is 0.481 e. The number of amides is 1. The number of carboxylic acid groups (broad SMARTS) is 1. The summed E-state index contributed by atoms with van der Waals surface area (Å²) >= 11 is 0. The first-order valence-electron chi connectivity index (χ1n) is 6.59. The average molecular weight is 279 g/mol. The van der Waals surface area contributed by atoms with Gasteiger partial charge in [0.05, 0.1) is 5.56 Å². The lowest BCUT2D eigenvalue weighted by Crippen LogP contribution is -2.38. The zero-order valence-corrected chi connectivity index (χ0v) is 12.3. The van der Waals surface area contributed by atoms with E-state index in [0.29, 0.717) is 23.8 Å². The second-order valence-electron chi connectivity index (χ2n) is 5.18.